The van der Waals surface area contributed by atoms with Crippen molar-refractivity contribution >= 4 is 0 Å². The number of unbranched alkanes of at least 4 members (excludes halogenated alkanes) is 1. The maximum atomic E-state index is 13.4. The molecule has 0 spiro atoms. The molecular weight excluding hydrogens is 287 g/mol. The summed E-state index contributed by atoms with van der Waals surface area (Å²) in [5, 5.41) is 9.56. The summed E-state index contributed by atoms with van der Waals surface area (Å²) >= 11 is 0. The van der Waals surface area contributed by atoms with Crippen LogP contribution in [0.4, 0.5) is 4.39 Å². The van der Waals surface area contributed by atoms with E-state index in [1.165, 1.54) is 19.2 Å². The van der Waals surface area contributed by atoms with Crippen LogP contribution in [0.5, 0.6) is 5.75 Å². The standard InChI is InChI=1S/C17H25FO4/c1-3-4-7-21-13-9-14(10-13)22-17(11-19)15-8-12(18)5-6-16(15)20-2/h5-6,8,13-14,17,19H,3-4,7,9-11H2,1-2H3/t13-,14+,17?. The number of hydrogen-bond donors (Lipinski definition) is 1. The maximum absolute atomic E-state index is 13.4. The molecule has 1 aromatic rings. The maximum Gasteiger partial charge on any atom is 0.124 e. The lowest BCUT2D eigenvalue weighted by Gasteiger charge is -2.37. The van der Waals surface area contributed by atoms with Gasteiger partial charge in [-0.25, -0.2) is 4.39 Å². The monoisotopic (exact) mass is 312 g/mol. The quantitative estimate of drug-likeness (QED) is 0.711. The molecule has 0 saturated heterocycles. The van der Waals surface area contributed by atoms with E-state index < -0.39 is 6.10 Å². The van der Waals surface area contributed by atoms with Gasteiger partial charge in [-0.05, 0) is 37.5 Å². The normalized spacial score (nSPS) is 22.2. The summed E-state index contributed by atoms with van der Waals surface area (Å²) in [5.41, 5.74) is 0.542. The molecule has 5 heteroatoms. The molecule has 1 fully saturated rings. The van der Waals surface area contributed by atoms with Crippen LogP contribution in [0.2, 0.25) is 0 Å². The number of aliphatic hydroxyl groups excluding tert-OH is 1. The second kappa shape index (κ2) is 8.46. The molecule has 2 rings (SSSR count). The molecule has 0 aliphatic heterocycles. The third kappa shape index (κ3) is 4.41. The topological polar surface area (TPSA) is 47.9 Å². The minimum Gasteiger partial charge on any atom is -0.496 e. The van der Waals surface area contributed by atoms with Gasteiger partial charge in [0.25, 0.3) is 0 Å². The van der Waals surface area contributed by atoms with Gasteiger partial charge in [0.1, 0.15) is 17.7 Å². The first-order chi connectivity index (χ1) is 10.7. The van der Waals surface area contributed by atoms with E-state index >= 15 is 0 Å². The Balaban J connectivity index is 1.87. The predicted molar refractivity (Wildman–Crippen MR) is 81.5 cm³/mol. The van der Waals surface area contributed by atoms with E-state index in [-0.39, 0.29) is 24.6 Å². The SMILES string of the molecule is CCCCO[C@H]1C[C@@H](OC(CO)c2cc(F)ccc2OC)C1. The fourth-order valence-electron chi connectivity index (χ4n) is 2.56. The molecule has 1 aliphatic carbocycles. The van der Waals surface area contributed by atoms with Crippen molar-refractivity contribution in [2.45, 2.75) is 50.9 Å². The van der Waals surface area contributed by atoms with E-state index in [0.717, 1.165) is 32.3 Å². The van der Waals surface area contributed by atoms with Crippen LogP contribution in [-0.4, -0.2) is 37.6 Å². The van der Waals surface area contributed by atoms with Crippen molar-refractivity contribution in [2.75, 3.05) is 20.3 Å². The third-order valence-electron chi connectivity index (χ3n) is 3.96. The summed E-state index contributed by atoms with van der Waals surface area (Å²) < 4.78 is 30.2. The molecule has 4 nitrogen and oxygen atoms in total. The lowest BCUT2D eigenvalue weighted by molar-refractivity contribution is -0.136. The molecule has 0 bridgehead atoms. The summed E-state index contributed by atoms with van der Waals surface area (Å²) in [4.78, 5) is 0. The van der Waals surface area contributed by atoms with Crippen molar-refractivity contribution < 1.29 is 23.7 Å². The van der Waals surface area contributed by atoms with E-state index in [1.54, 1.807) is 6.07 Å². The van der Waals surface area contributed by atoms with E-state index in [4.69, 9.17) is 14.2 Å². The van der Waals surface area contributed by atoms with Gasteiger partial charge in [0, 0.05) is 12.2 Å². The molecule has 1 saturated carbocycles. The lowest BCUT2D eigenvalue weighted by Crippen LogP contribution is -2.39. The molecule has 1 N–H and O–H groups in total. The van der Waals surface area contributed by atoms with Crippen LogP contribution in [-0.2, 0) is 9.47 Å². The van der Waals surface area contributed by atoms with Gasteiger partial charge in [0.15, 0.2) is 0 Å². The Kier molecular flexibility index (Phi) is 6.61. The van der Waals surface area contributed by atoms with Crippen molar-refractivity contribution in [3.63, 3.8) is 0 Å². The summed E-state index contributed by atoms with van der Waals surface area (Å²) in [6.07, 6.45) is 3.53. The largest absolute Gasteiger partial charge is 0.496 e. The molecule has 0 radical (unpaired) electrons. The molecule has 1 unspecified atom stereocenters. The third-order valence-corrected chi connectivity index (χ3v) is 3.96. The lowest BCUT2D eigenvalue weighted by atomic mass is 9.91. The molecule has 1 aromatic carbocycles. The molecular formula is C17H25FO4. The van der Waals surface area contributed by atoms with Gasteiger partial charge in [0.2, 0.25) is 0 Å². The Bertz CT molecular complexity index is 460. The van der Waals surface area contributed by atoms with Gasteiger partial charge in [-0.2, -0.15) is 0 Å². The zero-order valence-electron chi connectivity index (χ0n) is 13.3. The molecule has 0 amide bonds. The van der Waals surface area contributed by atoms with Crippen molar-refractivity contribution in [3.8, 4) is 5.75 Å². The van der Waals surface area contributed by atoms with Crippen LogP contribution in [0, 0.1) is 5.82 Å². The molecule has 22 heavy (non-hydrogen) atoms. The van der Waals surface area contributed by atoms with Crippen LogP contribution in [0.25, 0.3) is 0 Å². The highest BCUT2D eigenvalue weighted by Crippen LogP contribution is 2.34. The Labute approximate surface area is 131 Å². The number of rotatable bonds is 9. The number of benzene rings is 1. The van der Waals surface area contributed by atoms with Gasteiger partial charge in [-0.1, -0.05) is 13.3 Å². The van der Waals surface area contributed by atoms with Crippen molar-refractivity contribution in [1.29, 1.82) is 0 Å². The van der Waals surface area contributed by atoms with Gasteiger partial charge >= 0.3 is 0 Å². The van der Waals surface area contributed by atoms with Gasteiger partial charge < -0.3 is 19.3 Å². The average Bonchev–Trinajstić information content (AvgIpc) is 2.49. The number of aliphatic hydroxyl groups is 1. The number of hydrogen-bond acceptors (Lipinski definition) is 4. The number of halogens is 1. The Hall–Kier alpha value is -1.17. The Morgan fingerprint density at radius 1 is 1.32 bits per heavy atom. The van der Waals surface area contributed by atoms with E-state index in [9.17, 15) is 9.50 Å². The van der Waals surface area contributed by atoms with Crippen LogP contribution < -0.4 is 4.74 Å². The highest BCUT2D eigenvalue weighted by atomic mass is 19.1. The van der Waals surface area contributed by atoms with Gasteiger partial charge in [-0.3, -0.25) is 0 Å². The first-order valence-corrected chi connectivity index (χ1v) is 7.89. The van der Waals surface area contributed by atoms with Crippen LogP contribution in [0.3, 0.4) is 0 Å². The zero-order valence-corrected chi connectivity index (χ0v) is 13.3. The second-order valence-electron chi connectivity index (χ2n) is 5.63. The van der Waals surface area contributed by atoms with Gasteiger partial charge in [0.05, 0.1) is 25.9 Å². The number of ether oxygens (including phenoxy) is 3. The molecule has 1 atom stereocenters. The predicted octanol–water partition coefficient (Wildman–Crippen LogP) is 3.23. The molecule has 0 heterocycles. The molecule has 124 valence electrons. The van der Waals surface area contributed by atoms with Crippen LogP contribution in [0.1, 0.15) is 44.3 Å². The van der Waals surface area contributed by atoms with Gasteiger partial charge in [-0.15, -0.1) is 0 Å². The van der Waals surface area contributed by atoms with Crippen LogP contribution in [0.15, 0.2) is 18.2 Å². The Morgan fingerprint density at radius 3 is 2.73 bits per heavy atom. The van der Waals surface area contributed by atoms with Crippen LogP contribution >= 0.6 is 0 Å². The Morgan fingerprint density at radius 2 is 2.09 bits per heavy atom. The van der Waals surface area contributed by atoms with E-state index in [1.807, 2.05) is 0 Å². The first-order valence-electron chi connectivity index (χ1n) is 7.89. The van der Waals surface area contributed by atoms with Crippen molar-refractivity contribution in [1.82, 2.24) is 0 Å². The summed E-state index contributed by atoms with van der Waals surface area (Å²) in [6, 6.07) is 4.24. The minimum atomic E-state index is -0.577. The van der Waals surface area contributed by atoms with Crippen molar-refractivity contribution in [2.24, 2.45) is 0 Å². The average molecular weight is 312 g/mol. The smallest absolute Gasteiger partial charge is 0.124 e. The highest BCUT2D eigenvalue weighted by molar-refractivity contribution is 5.36. The zero-order chi connectivity index (χ0) is 15.9. The van der Waals surface area contributed by atoms with Crippen molar-refractivity contribution in [3.05, 3.63) is 29.6 Å². The first kappa shape index (κ1) is 17.2. The molecule has 1 aliphatic rings. The molecule has 0 aromatic heterocycles. The summed E-state index contributed by atoms with van der Waals surface area (Å²) in [5.74, 6) is 0.155. The second-order valence-corrected chi connectivity index (χ2v) is 5.63. The fourth-order valence-corrected chi connectivity index (χ4v) is 2.56. The fraction of sp³-hybridized carbons (Fsp3) is 0.647. The van der Waals surface area contributed by atoms with E-state index in [0.29, 0.717) is 11.3 Å². The highest BCUT2D eigenvalue weighted by Gasteiger charge is 2.33. The summed E-state index contributed by atoms with van der Waals surface area (Å²) in [6.45, 7) is 2.71. The minimum absolute atomic E-state index is 0.0387. The van der Waals surface area contributed by atoms with E-state index in [2.05, 4.69) is 6.92 Å². The summed E-state index contributed by atoms with van der Waals surface area (Å²) in [7, 11) is 1.52. The number of methoxy groups -OCH3 is 1.